The predicted octanol–water partition coefficient (Wildman–Crippen LogP) is 1.49. The third kappa shape index (κ3) is 3.86. The van der Waals surface area contributed by atoms with Gasteiger partial charge in [-0.3, -0.25) is 9.36 Å². The summed E-state index contributed by atoms with van der Waals surface area (Å²) in [5.41, 5.74) is -1.14. The van der Waals surface area contributed by atoms with Crippen LogP contribution < -0.4 is 11.2 Å². The topological polar surface area (TPSA) is 44.0 Å². The van der Waals surface area contributed by atoms with Crippen LogP contribution in [0.4, 0.5) is 13.2 Å². The van der Waals surface area contributed by atoms with Crippen LogP contribution in [0, 0.1) is 3.57 Å². The maximum absolute atomic E-state index is 11.9. The second-order valence-corrected chi connectivity index (χ2v) is 4.71. The lowest BCUT2D eigenvalue weighted by atomic mass is 10.3. The number of aryl methyl sites for hydroxylation is 1. The van der Waals surface area contributed by atoms with E-state index in [9.17, 15) is 22.8 Å². The molecule has 0 atom stereocenters. The van der Waals surface area contributed by atoms with Crippen LogP contribution in [0.2, 0.25) is 0 Å². The summed E-state index contributed by atoms with van der Waals surface area (Å²) in [6, 6.07) is 0. The van der Waals surface area contributed by atoms with Gasteiger partial charge in [0.05, 0.1) is 3.57 Å². The molecule has 0 N–H and O–H groups in total. The van der Waals surface area contributed by atoms with Crippen LogP contribution in [0.25, 0.3) is 0 Å². The Balaban J connectivity index is 2.92. The van der Waals surface area contributed by atoms with E-state index >= 15 is 0 Å². The fourth-order valence-corrected chi connectivity index (χ4v) is 2.03. The van der Waals surface area contributed by atoms with Gasteiger partial charge in [-0.1, -0.05) is 0 Å². The number of alkyl halides is 3. The quantitative estimate of drug-likeness (QED) is 0.765. The molecular weight excluding hydrogens is 352 g/mol. The van der Waals surface area contributed by atoms with Gasteiger partial charge in [-0.25, -0.2) is 4.79 Å². The minimum atomic E-state index is -4.27. The van der Waals surface area contributed by atoms with Crippen molar-refractivity contribution >= 4 is 22.6 Å². The molecule has 0 radical (unpaired) electrons. The molecular formula is C9H10F3IN2O2. The molecule has 4 nitrogen and oxygen atoms in total. The number of rotatable bonds is 3. The van der Waals surface area contributed by atoms with E-state index in [4.69, 9.17) is 0 Å². The summed E-state index contributed by atoms with van der Waals surface area (Å²) in [6.07, 6.45) is -4.20. The number of hydrogen-bond donors (Lipinski definition) is 0. The zero-order valence-corrected chi connectivity index (χ0v) is 11.1. The first kappa shape index (κ1) is 14.3. The van der Waals surface area contributed by atoms with Gasteiger partial charge < -0.3 is 4.57 Å². The van der Waals surface area contributed by atoms with Crippen molar-refractivity contribution < 1.29 is 13.2 Å². The van der Waals surface area contributed by atoms with E-state index in [0.717, 1.165) is 4.57 Å². The highest BCUT2D eigenvalue weighted by atomic mass is 127. The van der Waals surface area contributed by atoms with Crippen LogP contribution in [0.15, 0.2) is 15.8 Å². The number of nitrogens with zero attached hydrogens (tertiary/aromatic N) is 2. The van der Waals surface area contributed by atoms with Crippen molar-refractivity contribution in [3.63, 3.8) is 0 Å². The van der Waals surface area contributed by atoms with Crippen molar-refractivity contribution in [1.82, 2.24) is 9.13 Å². The van der Waals surface area contributed by atoms with E-state index in [2.05, 4.69) is 0 Å². The summed E-state index contributed by atoms with van der Waals surface area (Å²) < 4.78 is 38.1. The molecule has 0 aliphatic heterocycles. The minimum Gasteiger partial charge on any atom is -0.302 e. The molecule has 17 heavy (non-hydrogen) atoms. The zero-order chi connectivity index (χ0) is 13.2. The average Bonchev–Trinajstić information content (AvgIpc) is 2.19. The van der Waals surface area contributed by atoms with Gasteiger partial charge in [-0.05, 0) is 29.0 Å². The lowest BCUT2D eigenvalue weighted by molar-refractivity contribution is -0.135. The van der Waals surface area contributed by atoms with Gasteiger partial charge in [-0.15, -0.1) is 0 Å². The normalized spacial score (nSPS) is 11.8. The molecule has 0 saturated carbocycles. The standard InChI is InChI=1S/C9H10F3IN2O2/c1-14-5-6(13)7(16)15(8(14)17)4-2-3-9(10,11)12/h5H,2-4H2,1H3. The van der Waals surface area contributed by atoms with Crippen molar-refractivity contribution in [1.29, 1.82) is 0 Å². The average molecular weight is 362 g/mol. The number of aromatic nitrogens is 2. The predicted molar refractivity (Wildman–Crippen MR) is 63.9 cm³/mol. The van der Waals surface area contributed by atoms with Gasteiger partial charge >= 0.3 is 11.9 Å². The van der Waals surface area contributed by atoms with E-state index in [1.54, 1.807) is 22.6 Å². The van der Waals surface area contributed by atoms with Crippen LogP contribution in [0.5, 0.6) is 0 Å². The Bertz CT molecular complexity index is 484. The first-order chi connectivity index (χ1) is 7.72. The van der Waals surface area contributed by atoms with Crippen LogP contribution >= 0.6 is 22.6 Å². The minimum absolute atomic E-state index is 0.220. The molecule has 8 heteroatoms. The molecule has 0 amide bonds. The maximum Gasteiger partial charge on any atom is 0.389 e. The monoisotopic (exact) mass is 362 g/mol. The second kappa shape index (κ2) is 5.23. The summed E-state index contributed by atoms with van der Waals surface area (Å²) >= 11 is 1.74. The molecule has 0 aliphatic carbocycles. The molecule has 1 rings (SSSR count). The largest absolute Gasteiger partial charge is 0.389 e. The lowest BCUT2D eigenvalue weighted by Crippen LogP contribution is -2.40. The number of halogens is 4. The van der Waals surface area contributed by atoms with Crippen LogP contribution in [0.3, 0.4) is 0 Å². The summed E-state index contributed by atoms with van der Waals surface area (Å²) in [4.78, 5) is 23.1. The third-order valence-electron chi connectivity index (χ3n) is 2.13. The second-order valence-electron chi connectivity index (χ2n) is 3.55. The molecule has 0 spiro atoms. The van der Waals surface area contributed by atoms with Gasteiger partial charge in [-0.2, -0.15) is 13.2 Å². The van der Waals surface area contributed by atoms with E-state index in [-0.39, 0.29) is 13.0 Å². The molecule has 1 aromatic heterocycles. The van der Waals surface area contributed by atoms with Crippen molar-refractivity contribution in [2.24, 2.45) is 7.05 Å². The van der Waals surface area contributed by atoms with Gasteiger partial charge in [0.2, 0.25) is 0 Å². The molecule has 1 aromatic rings. The van der Waals surface area contributed by atoms with Gasteiger partial charge in [0.15, 0.2) is 0 Å². The fourth-order valence-electron chi connectivity index (χ4n) is 1.32. The molecule has 0 fully saturated rings. The Morgan fingerprint density at radius 3 is 2.47 bits per heavy atom. The van der Waals surface area contributed by atoms with Gasteiger partial charge in [0.25, 0.3) is 5.56 Å². The molecule has 0 bridgehead atoms. The van der Waals surface area contributed by atoms with Crippen molar-refractivity contribution in [2.75, 3.05) is 0 Å². The smallest absolute Gasteiger partial charge is 0.302 e. The molecule has 1 heterocycles. The Hall–Kier alpha value is -0.800. The van der Waals surface area contributed by atoms with Gasteiger partial charge in [0, 0.05) is 26.2 Å². The Labute approximate surface area is 108 Å². The van der Waals surface area contributed by atoms with Crippen LogP contribution in [-0.2, 0) is 13.6 Å². The molecule has 0 unspecified atom stereocenters. The Morgan fingerprint density at radius 1 is 1.35 bits per heavy atom. The zero-order valence-electron chi connectivity index (χ0n) is 8.92. The van der Waals surface area contributed by atoms with Crippen molar-refractivity contribution in [3.8, 4) is 0 Å². The van der Waals surface area contributed by atoms with Crippen LogP contribution in [0.1, 0.15) is 12.8 Å². The first-order valence-electron chi connectivity index (χ1n) is 4.75. The summed E-state index contributed by atoms with van der Waals surface area (Å²) in [5, 5.41) is 0. The Morgan fingerprint density at radius 2 is 1.94 bits per heavy atom. The summed E-state index contributed by atoms with van der Waals surface area (Å²) in [6.45, 7) is -0.220. The number of hydrogen-bond acceptors (Lipinski definition) is 2. The highest BCUT2D eigenvalue weighted by Gasteiger charge is 2.26. The van der Waals surface area contributed by atoms with E-state index in [0.29, 0.717) is 3.57 Å². The van der Waals surface area contributed by atoms with Gasteiger partial charge in [0.1, 0.15) is 0 Å². The molecule has 0 saturated heterocycles. The van der Waals surface area contributed by atoms with Crippen molar-refractivity contribution in [3.05, 3.63) is 30.6 Å². The summed E-state index contributed by atoms with van der Waals surface area (Å²) in [7, 11) is 1.45. The SMILES string of the molecule is Cn1cc(I)c(=O)n(CCCC(F)(F)F)c1=O. The molecule has 0 aromatic carbocycles. The fraction of sp³-hybridized carbons (Fsp3) is 0.556. The highest BCUT2D eigenvalue weighted by molar-refractivity contribution is 14.1. The Kier molecular flexibility index (Phi) is 4.39. The third-order valence-corrected chi connectivity index (χ3v) is 2.87. The summed E-state index contributed by atoms with van der Waals surface area (Å²) in [5.74, 6) is 0. The first-order valence-corrected chi connectivity index (χ1v) is 5.83. The van der Waals surface area contributed by atoms with Crippen LogP contribution in [-0.4, -0.2) is 15.3 Å². The lowest BCUT2D eigenvalue weighted by Gasteiger charge is -2.09. The molecule has 96 valence electrons. The van der Waals surface area contributed by atoms with E-state index < -0.39 is 23.8 Å². The highest BCUT2D eigenvalue weighted by Crippen LogP contribution is 2.21. The molecule has 0 aliphatic rings. The maximum atomic E-state index is 11.9. The van der Waals surface area contributed by atoms with E-state index in [1.165, 1.54) is 17.8 Å². The van der Waals surface area contributed by atoms with Crippen molar-refractivity contribution in [2.45, 2.75) is 25.6 Å². The van der Waals surface area contributed by atoms with E-state index in [1.807, 2.05) is 0 Å².